The van der Waals surface area contributed by atoms with E-state index >= 15 is 0 Å². The van der Waals surface area contributed by atoms with Gasteiger partial charge < -0.3 is 15.2 Å². The highest BCUT2D eigenvalue weighted by Crippen LogP contribution is 2.27. The molecule has 2 rings (SSSR count). The van der Waals surface area contributed by atoms with Crippen LogP contribution in [0.15, 0.2) is 36.4 Å². The zero-order valence-electron chi connectivity index (χ0n) is 10.9. The smallest absolute Gasteiger partial charge is 0.122 e. The van der Waals surface area contributed by atoms with E-state index in [0.29, 0.717) is 17.1 Å². The molecule has 0 saturated heterocycles. The van der Waals surface area contributed by atoms with Crippen LogP contribution in [0.2, 0.25) is 5.02 Å². The lowest BCUT2D eigenvalue weighted by Crippen LogP contribution is -2.02. The predicted molar refractivity (Wildman–Crippen MR) is 78.2 cm³/mol. The van der Waals surface area contributed by atoms with Crippen LogP contribution in [0, 0.1) is 6.92 Å². The van der Waals surface area contributed by atoms with Crippen LogP contribution in [-0.2, 0) is 6.54 Å². The minimum atomic E-state index is 0.200. The molecular weight excluding hydrogens is 262 g/mol. The number of rotatable bonds is 4. The molecule has 0 aliphatic carbocycles. The number of methoxy groups -OCH3 is 1. The van der Waals surface area contributed by atoms with Crippen LogP contribution in [0.4, 0.5) is 5.69 Å². The number of anilines is 1. The van der Waals surface area contributed by atoms with Crippen molar-refractivity contribution in [2.24, 2.45) is 0 Å². The lowest BCUT2D eigenvalue weighted by Gasteiger charge is -2.12. The van der Waals surface area contributed by atoms with Gasteiger partial charge in [0, 0.05) is 22.8 Å². The summed E-state index contributed by atoms with van der Waals surface area (Å²) in [5.41, 5.74) is 2.75. The fourth-order valence-electron chi connectivity index (χ4n) is 1.87. The summed E-state index contributed by atoms with van der Waals surface area (Å²) >= 11 is 6.06. The van der Waals surface area contributed by atoms with Gasteiger partial charge >= 0.3 is 0 Å². The molecule has 0 saturated carbocycles. The Bertz CT molecular complexity index is 564. The van der Waals surface area contributed by atoms with Crippen molar-refractivity contribution < 1.29 is 9.84 Å². The molecule has 3 nitrogen and oxygen atoms in total. The highest BCUT2D eigenvalue weighted by molar-refractivity contribution is 6.31. The summed E-state index contributed by atoms with van der Waals surface area (Å²) in [5.74, 6) is 1.02. The largest absolute Gasteiger partial charge is 0.508 e. The molecule has 0 bridgehead atoms. The zero-order chi connectivity index (χ0) is 13.8. The molecule has 0 unspecified atom stereocenters. The van der Waals surface area contributed by atoms with Gasteiger partial charge in [-0.25, -0.2) is 0 Å². The lowest BCUT2D eigenvalue weighted by atomic mass is 10.1. The Kier molecular flexibility index (Phi) is 4.17. The van der Waals surface area contributed by atoms with Crippen LogP contribution < -0.4 is 10.1 Å². The summed E-state index contributed by atoms with van der Waals surface area (Å²) in [5, 5.41) is 13.6. The first-order valence-electron chi connectivity index (χ1n) is 5.96. The molecule has 4 heteroatoms. The summed E-state index contributed by atoms with van der Waals surface area (Å²) in [6.45, 7) is 2.47. The zero-order valence-corrected chi connectivity index (χ0v) is 11.7. The lowest BCUT2D eigenvalue weighted by molar-refractivity contribution is 0.414. The van der Waals surface area contributed by atoms with Crippen LogP contribution in [0.3, 0.4) is 0 Å². The van der Waals surface area contributed by atoms with Gasteiger partial charge in [0.1, 0.15) is 11.5 Å². The summed E-state index contributed by atoms with van der Waals surface area (Å²) in [7, 11) is 1.64. The number of hydrogen-bond acceptors (Lipinski definition) is 3. The number of halogens is 1. The molecular formula is C15H16ClNO2. The number of phenolic OH excluding ortho intramolecular Hbond substituents is 1. The van der Waals surface area contributed by atoms with Crippen LogP contribution in [0.25, 0.3) is 0 Å². The van der Waals surface area contributed by atoms with Crippen molar-refractivity contribution >= 4 is 17.3 Å². The molecule has 2 aromatic carbocycles. The first-order chi connectivity index (χ1) is 9.11. The van der Waals surface area contributed by atoms with Crippen molar-refractivity contribution in [3.05, 3.63) is 52.5 Å². The van der Waals surface area contributed by atoms with E-state index in [1.54, 1.807) is 25.3 Å². The van der Waals surface area contributed by atoms with Gasteiger partial charge in [-0.3, -0.25) is 0 Å². The summed E-state index contributed by atoms with van der Waals surface area (Å²) < 4.78 is 5.16. The van der Waals surface area contributed by atoms with Gasteiger partial charge in [-0.15, -0.1) is 0 Å². The van der Waals surface area contributed by atoms with Gasteiger partial charge in [-0.2, -0.15) is 0 Å². The first kappa shape index (κ1) is 13.6. The monoisotopic (exact) mass is 277 g/mol. The van der Waals surface area contributed by atoms with Crippen LogP contribution in [0.1, 0.15) is 11.1 Å². The average molecular weight is 278 g/mol. The Morgan fingerprint density at radius 1 is 1.26 bits per heavy atom. The highest BCUT2D eigenvalue weighted by atomic mass is 35.5. The van der Waals surface area contributed by atoms with E-state index in [0.717, 1.165) is 17.0 Å². The van der Waals surface area contributed by atoms with E-state index < -0.39 is 0 Å². The van der Waals surface area contributed by atoms with Crippen molar-refractivity contribution in [3.63, 3.8) is 0 Å². The standard InChI is InChI=1S/C15H16ClNO2/c1-10-8-11(19-2)6-7-14(10)17-9-12-13(16)4-3-5-15(12)18/h3-8,17-18H,9H2,1-2H3. The van der Waals surface area contributed by atoms with E-state index in [-0.39, 0.29) is 5.75 Å². The molecule has 0 amide bonds. The van der Waals surface area contributed by atoms with E-state index in [1.807, 2.05) is 25.1 Å². The molecule has 0 aliphatic rings. The SMILES string of the molecule is COc1ccc(NCc2c(O)cccc2Cl)c(C)c1. The van der Waals surface area contributed by atoms with Gasteiger partial charge in [0.2, 0.25) is 0 Å². The third kappa shape index (κ3) is 3.12. The Labute approximate surface area is 117 Å². The van der Waals surface area contributed by atoms with Crippen molar-refractivity contribution in [2.45, 2.75) is 13.5 Å². The second-order valence-corrected chi connectivity index (χ2v) is 4.68. The number of aryl methyl sites for hydroxylation is 1. The summed E-state index contributed by atoms with van der Waals surface area (Å²) in [6.07, 6.45) is 0. The Hall–Kier alpha value is -1.87. The maximum Gasteiger partial charge on any atom is 0.122 e. The molecule has 0 radical (unpaired) electrons. The fourth-order valence-corrected chi connectivity index (χ4v) is 2.10. The molecule has 0 spiro atoms. The van der Waals surface area contributed by atoms with Crippen molar-refractivity contribution in [2.75, 3.05) is 12.4 Å². The molecule has 2 N–H and O–H groups in total. The molecule has 0 atom stereocenters. The maximum atomic E-state index is 9.78. The molecule has 0 aromatic heterocycles. The number of ether oxygens (including phenoxy) is 1. The van der Waals surface area contributed by atoms with Crippen molar-refractivity contribution in [1.29, 1.82) is 0 Å². The molecule has 0 aliphatic heterocycles. The van der Waals surface area contributed by atoms with Gasteiger partial charge in [0.25, 0.3) is 0 Å². The fraction of sp³-hybridized carbons (Fsp3) is 0.200. The molecule has 2 aromatic rings. The Balaban J connectivity index is 2.15. The second-order valence-electron chi connectivity index (χ2n) is 4.27. The Morgan fingerprint density at radius 2 is 2.05 bits per heavy atom. The van der Waals surface area contributed by atoms with E-state index in [9.17, 15) is 5.11 Å². The third-order valence-corrected chi connectivity index (χ3v) is 3.34. The maximum absolute atomic E-state index is 9.78. The summed E-state index contributed by atoms with van der Waals surface area (Å²) in [4.78, 5) is 0. The number of nitrogens with one attached hydrogen (secondary N) is 1. The van der Waals surface area contributed by atoms with E-state index in [2.05, 4.69) is 5.32 Å². The average Bonchev–Trinajstić information content (AvgIpc) is 2.39. The molecule has 100 valence electrons. The molecule has 0 heterocycles. The van der Waals surface area contributed by atoms with Gasteiger partial charge in [-0.1, -0.05) is 17.7 Å². The van der Waals surface area contributed by atoms with E-state index in [1.165, 1.54) is 0 Å². The van der Waals surface area contributed by atoms with Crippen molar-refractivity contribution in [3.8, 4) is 11.5 Å². The number of phenols is 1. The predicted octanol–water partition coefficient (Wildman–Crippen LogP) is 3.97. The third-order valence-electron chi connectivity index (χ3n) is 2.98. The van der Waals surface area contributed by atoms with Crippen LogP contribution in [-0.4, -0.2) is 12.2 Å². The quantitative estimate of drug-likeness (QED) is 0.888. The van der Waals surface area contributed by atoms with E-state index in [4.69, 9.17) is 16.3 Å². The van der Waals surface area contributed by atoms with Gasteiger partial charge in [-0.05, 0) is 42.8 Å². The normalized spacial score (nSPS) is 10.3. The second kappa shape index (κ2) is 5.85. The topological polar surface area (TPSA) is 41.5 Å². The minimum Gasteiger partial charge on any atom is -0.508 e. The molecule has 0 fully saturated rings. The Morgan fingerprint density at radius 3 is 2.68 bits per heavy atom. The van der Waals surface area contributed by atoms with Gasteiger partial charge in [0.05, 0.1) is 7.11 Å². The minimum absolute atomic E-state index is 0.200. The van der Waals surface area contributed by atoms with Crippen LogP contribution in [0.5, 0.6) is 11.5 Å². The first-order valence-corrected chi connectivity index (χ1v) is 6.34. The van der Waals surface area contributed by atoms with Crippen LogP contribution >= 0.6 is 11.6 Å². The molecule has 19 heavy (non-hydrogen) atoms. The number of aromatic hydroxyl groups is 1. The number of benzene rings is 2. The van der Waals surface area contributed by atoms with Gasteiger partial charge in [0.15, 0.2) is 0 Å². The van der Waals surface area contributed by atoms with Crippen molar-refractivity contribution in [1.82, 2.24) is 0 Å². The number of hydrogen-bond donors (Lipinski definition) is 2. The highest BCUT2D eigenvalue weighted by Gasteiger charge is 2.07. The summed E-state index contributed by atoms with van der Waals surface area (Å²) in [6, 6.07) is 10.9.